The van der Waals surface area contributed by atoms with Gasteiger partial charge in [-0.05, 0) is 11.6 Å². The van der Waals surface area contributed by atoms with Gasteiger partial charge in [0, 0.05) is 36.2 Å². The molecule has 1 N–H and O–H groups in total. The molecule has 0 aliphatic heterocycles. The number of nitrogens with zero attached hydrogens (tertiary/aromatic N) is 2. The van der Waals surface area contributed by atoms with Gasteiger partial charge in [0.25, 0.3) is 11.6 Å². The van der Waals surface area contributed by atoms with E-state index in [9.17, 15) is 51.8 Å². The Bertz CT molecular complexity index is 1160. The maximum Gasteiger partial charge on any atom is 0.456 e. The lowest BCUT2D eigenvalue weighted by Gasteiger charge is -2.20. The van der Waals surface area contributed by atoms with Crippen molar-refractivity contribution in [3.63, 3.8) is 0 Å². The fraction of sp³-hybridized carbons (Fsp3) is 0.300. The normalized spacial score (nSPS) is 12.4. The number of methoxy groups -OCH3 is 1. The Morgan fingerprint density at radius 1 is 1.00 bits per heavy atom. The number of esters is 1. The van der Waals surface area contributed by atoms with Gasteiger partial charge in [0.1, 0.15) is 6.04 Å². The third kappa shape index (κ3) is 6.83. The van der Waals surface area contributed by atoms with Crippen LogP contribution in [0.15, 0.2) is 42.5 Å². The van der Waals surface area contributed by atoms with Gasteiger partial charge in [-0.15, -0.1) is 0 Å². The number of non-ortho nitro benzene ring substituents is 1. The van der Waals surface area contributed by atoms with E-state index in [-0.39, 0.29) is 12.1 Å². The number of amides is 1. The predicted molar refractivity (Wildman–Crippen MR) is 110 cm³/mol. The Balaban J connectivity index is 2.27. The second kappa shape index (κ2) is 10.9. The van der Waals surface area contributed by atoms with Crippen molar-refractivity contribution in [2.24, 2.45) is 0 Å². The van der Waals surface area contributed by atoms with Crippen LogP contribution in [0.5, 0.6) is 5.75 Å². The van der Waals surface area contributed by atoms with Crippen LogP contribution in [0, 0.1) is 20.2 Å². The summed E-state index contributed by atoms with van der Waals surface area (Å²) in [4.78, 5) is 44.9. The van der Waals surface area contributed by atoms with Gasteiger partial charge in [-0.1, -0.05) is 12.1 Å². The van der Waals surface area contributed by atoms with E-state index < -0.39 is 63.5 Å². The molecule has 0 aliphatic carbocycles. The van der Waals surface area contributed by atoms with Crippen molar-refractivity contribution in [1.82, 2.24) is 5.32 Å². The molecule has 11 nitrogen and oxygen atoms in total. The monoisotopic (exact) mass is 521 g/mol. The van der Waals surface area contributed by atoms with Gasteiger partial charge in [0.2, 0.25) is 0 Å². The van der Waals surface area contributed by atoms with E-state index in [1.54, 1.807) is 0 Å². The first-order chi connectivity index (χ1) is 16.7. The molecule has 0 aromatic heterocycles. The van der Waals surface area contributed by atoms with Crippen LogP contribution in [-0.4, -0.2) is 53.6 Å². The van der Waals surface area contributed by atoms with Crippen LogP contribution >= 0.6 is 0 Å². The zero-order valence-electron chi connectivity index (χ0n) is 18.1. The van der Waals surface area contributed by atoms with Crippen LogP contribution in [0.25, 0.3) is 0 Å². The Hall–Kier alpha value is -4.37. The molecule has 0 bridgehead atoms. The summed E-state index contributed by atoms with van der Waals surface area (Å²) >= 11 is 0. The van der Waals surface area contributed by atoms with Crippen LogP contribution in [0.2, 0.25) is 0 Å². The topological polar surface area (TPSA) is 151 Å². The molecule has 0 aliphatic rings. The van der Waals surface area contributed by atoms with Gasteiger partial charge in [-0.3, -0.25) is 25.0 Å². The largest absolute Gasteiger partial charge is 0.480 e. The first-order valence-electron chi connectivity index (χ1n) is 9.64. The van der Waals surface area contributed by atoms with E-state index in [1.165, 1.54) is 12.1 Å². The molecule has 36 heavy (non-hydrogen) atoms. The van der Waals surface area contributed by atoms with E-state index in [0.29, 0.717) is 17.7 Å². The SMILES string of the molecule is COC(=O)[C@H](Cc1ccc([N+](=O)[O-])cc1)NC(=O)c1ccc([N+](=O)[O-])c(OCC(F)(F)C(F)(F)F)c1. The van der Waals surface area contributed by atoms with Crippen molar-refractivity contribution in [3.8, 4) is 5.75 Å². The highest BCUT2D eigenvalue weighted by atomic mass is 19.4. The van der Waals surface area contributed by atoms with Gasteiger partial charge in [0.05, 0.1) is 17.0 Å². The number of hydrogen-bond acceptors (Lipinski definition) is 8. The number of halogens is 5. The fourth-order valence-electron chi connectivity index (χ4n) is 2.74. The summed E-state index contributed by atoms with van der Waals surface area (Å²) in [6.07, 6.45) is -6.19. The number of ether oxygens (including phenoxy) is 2. The standard InChI is InChI=1S/C20H16F5N3O8/c1-35-18(30)14(8-11-2-5-13(6-3-11)27(31)32)26-17(29)12-4-7-15(28(33)34)16(9-12)36-10-19(21,22)20(23,24)25/h2-7,9,14H,8,10H2,1H3,(H,26,29)/t14-/m0/s1. The minimum Gasteiger partial charge on any atom is -0.480 e. The molecule has 0 saturated heterocycles. The van der Waals surface area contributed by atoms with Crippen LogP contribution in [-0.2, 0) is 16.0 Å². The van der Waals surface area contributed by atoms with Crippen LogP contribution in [0.1, 0.15) is 15.9 Å². The van der Waals surface area contributed by atoms with Crippen LogP contribution < -0.4 is 10.1 Å². The van der Waals surface area contributed by atoms with Crippen molar-refractivity contribution in [3.05, 3.63) is 73.8 Å². The van der Waals surface area contributed by atoms with Gasteiger partial charge in [-0.2, -0.15) is 22.0 Å². The predicted octanol–water partition coefficient (Wildman–Crippen LogP) is 3.59. The second-order valence-corrected chi connectivity index (χ2v) is 7.11. The molecule has 16 heteroatoms. The number of alkyl halides is 5. The summed E-state index contributed by atoms with van der Waals surface area (Å²) in [5.74, 6) is -8.39. The number of hydrogen-bond donors (Lipinski definition) is 1. The van der Waals surface area contributed by atoms with E-state index in [4.69, 9.17) is 0 Å². The van der Waals surface area contributed by atoms with E-state index in [1.807, 2.05) is 0 Å². The van der Waals surface area contributed by atoms with E-state index in [0.717, 1.165) is 25.3 Å². The van der Waals surface area contributed by atoms with Gasteiger partial charge in [0.15, 0.2) is 12.4 Å². The van der Waals surface area contributed by atoms with Crippen molar-refractivity contribution in [2.75, 3.05) is 13.7 Å². The van der Waals surface area contributed by atoms with Crippen LogP contribution in [0.4, 0.5) is 33.3 Å². The van der Waals surface area contributed by atoms with Gasteiger partial charge >= 0.3 is 23.8 Å². The molecule has 0 saturated carbocycles. The van der Waals surface area contributed by atoms with E-state index >= 15 is 0 Å². The highest BCUT2D eigenvalue weighted by molar-refractivity contribution is 5.97. The van der Waals surface area contributed by atoms with Crippen molar-refractivity contribution < 1.29 is 50.9 Å². The van der Waals surface area contributed by atoms with Gasteiger partial charge in [-0.25, -0.2) is 4.79 Å². The lowest BCUT2D eigenvalue weighted by Crippen LogP contribution is -2.43. The molecule has 0 heterocycles. The maximum absolute atomic E-state index is 13.2. The quantitative estimate of drug-likeness (QED) is 0.216. The number of carbonyl (C=O) groups excluding carboxylic acids is 2. The molecule has 2 aromatic carbocycles. The van der Waals surface area contributed by atoms with Gasteiger partial charge < -0.3 is 14.8 Å². The molecule has 0 unspecified atom stereocenters. The molecule has 0 fully saturated rings. The Morgan fingerprint density at radius 2 is 1.61 bits per heavy atom. The minimum atomic E-state index is -5.98. The third-order valence-corrected chi connectivity index (χ3v) is 4.62. The summed E-state index contributed by atoms with van der Waals surface area (Å²) in [6.45, 7) is -2.28. The molecule has 0 spiro atoms. The molecule has 194 valence electrons. The smallest absolute Gasteiger partial charge is 0.456 e. The number of nitro groups is 2. The number of rotatable bonds is 10. The highest BCUT2D eigenvalue weighted by Gasteiger charge is 2.58. The zero-order valence-corrected chi connectivity index (χ0v) is 18.1. The molecule has 1 amide bonds. The number of nitro benzene ring substituents is 2. The summed E-state index contributed by atoms with van der Waals surface area (Å²) in [5, 5.41) is 24.1. The average Bonchev–Trinajstić information content (AvgIpc) is 2.81. The Morgan fingerprint density at radius 3 is 2.11 bits per heavy atom. The van der Waals surface area contributed by atoms with Crippen molar-refractivity contribution >= 4 is 23.3 Å². The summed E-state index contributed by atoms with van der Waals surface area (Å²) < 4.78 is 72.5. The second-order valence-electron chi connectivity index (χ2n) is 7.11. The first-order valence-corrected chi connectivity index (χ1v) is 9.64. The lowest BCUT2D eigenvalue weighted by atomic mass is 10.0. The molecule has 2 aromatic rings. The van der Waals surface area contributed by atoms with Crippen LogP contribution in [0.3, 0.4) is 0 Å². The Labute approximate surface area is 198 Å². The highest BCUT2D eigenvalue weighted by Crippen LogP contribution is 2.37. The molecular formula is C20H16F5N3O8. The molecule has 0 radical (unpaired) electrons. The number of nitrogens with one attached hydrogen (secondary N) is 1. The van der Waals surface area contributed by atoms with E-state index in [2.05, 4.69) is 14.8 Å². The molecule has 2 rings (SSSR count). The zero-order chi connectivity index (χ0) is 27.3. The molecule has 1 atom stereocenters. The lowest BCUT2D eigenvalue weighted by molar-refractivity contribution is -0.386. The van der Waals surface area contributed by atoms with Crippen molar-refractivity contribution in [1.29, 1.82) is 0 Å². The summed E-state index contributed by atoms with van der Waals surface area (Å²) in [5.41, 5.74) is -1.31. The molecular weight excluding hydrogens is 505 g/mol. The maximum atomic E-state index is 13.2. The van der Waals surface area contributed by atoms with Crippen molar-refractivity contribution in [2.45, 2.75) is 24.6 Å². The fourth-order valence-corrected chi connectivity index (χ4v) is 2.74. The summed E-state index contributed by atoms with van der Waals surface area (Å²) in [6, 6.07) is 5.67. The average molecular weight is 521 g/mol. The third-order valence-electron chi connectivity index (χ3n) is 4.62. The number of benzene rings is 2. The Kier molecular flexibility index (Phi) is 8.45. The summed E-state index contributed by atoms with van der Waals surface area (Å²) in [7, 11) is 1.01. The number of carbonyl (C=O) groups is 2. The minimum absolute atomic E-state index is 0.204. The first kappa shape index (κ1) is 27.9.